The first-order chi connectivity index (χ1) is 14.7. The third-order valence-corrected chi connectivity index (χ3v) is 6.79. The van der Waals surface area contributed by atoms with Crippen molar-refractivity contribution in [3.05, 3.63) is 35.4 Å². The van der Waals surface area contributed by atoms with Crippen LogP contribution in [0.25, 0.3) is 0 Å². The number of hydrogen-bond donors (Lipinski definition) is 0. The maximum absolute atomic E-state index is 5.57. The summed E-state index contributed by atoms with van der Waals surface area (Å²) in [5.74, 6) is -0.128. The molecule has 0 heterocycles. The van der Waals surface area contributed by atoms with E-state index < -0.39 is 0 Å². The molecule has 0 aliphatic carbocycles. The van der Waals surface area contributed by atoms with Crippen molar-refractivity contribution in [2.75, 3.05) is 40.5 Å². The Bertz CT molecular complexity index is 575. The number of ether oxygens (including phenoxy) is 4. The molecule has 166 valence electrons. The van der Waals surface area contributed by atoms with Crippen LogP contribution in [0.5, 0.6) is 0 Å². The molecule has 0 fully saturated rings. The normalized spacial score (nSPS) is 12.2. The van der Waals surface area contributed by atoms with Gasteiger partial charge in [-0.15, -0.1) is 0 Å². The molecule has 0 aromatic heterocycles. The minimum absolute atomic E-state index is 0.0498. The van der Waals surface area contributed by atoms with E-state index in [1.807, 2.05) is 26.3 Å². The van der Waals surface area contributed by atoms with Gasteiger partial charge in [0.15, 0.2) is 0 Å². The topological polar surface area (TPSA) is 61.6 Å². The number of aliphatic imine (C=N–C) groups is 2. The fraction of sp³-hybridized carbons (Fsp3) is 0.636. The summed E-state index contributed by atoms with van der Waals surface area (Å²) in [5.41, 5.74) is 2.22. The van der Waals surface area contributed by atoms with Crippen LogP contribution in [0.1, 0.15) is 37.8 Å². The van der Waals surface area contributed by atoms with Gasteiger partial charge in [-0.1, -0.05) is 36.4 Å². The van der Waals surface area contributed by atoms with E-state index >= 15 is 0 Å². The highest BCUT2D eigenvalue weighted by Crippen LogP contribution is 2.03. The van der Waals surface area contributed by atoms with Gasteiger partial charge in [-0.25, -0.2) is 0 Å². The highest BCUT2D eigenvalue weighted by atomic mass is 28.2. The standard InChI is InChI=1S/C22H36N2O4Si2/c1-5-27-22(28-6-2)30-16-8-14-24-18-20-11-9-19(10-12-20)17-23-13-7-15-29-21(25-3)26-4/h9-12,17-18,21-22H,5-8,13-16H2,1-4H3. The van der Waals surface area contributed by atoms with Crippen LogP contribution in [0.4, 0.5) is 0 Å². The summed E-state index contributed by atoms with van der Waals surface area (Å²) in [7, 11) is 4.67. The molecule has 0 N–H and O–H groups in total. The molecule has 6 nitrogen and oxygen atoms in total. The molecule has 0 aliphatic heterocycles. The number of benzene rings is 1. The largest absolute Gasteiger partial charge is 0.360 e. The zero-order valence-electron chi connectivity index (χ0n) is 18.8. The van der Waals surface area contributed by atoms with E-state index in [1.54, 1.807) is 14.2 Å². The van der Waals surface area contributed by atoms with Gasteiger partial charge in [0.2, 0.25) is 0 Å². The third kappa shape index (κ3) is 13.2. The van der Waals surface area contributed by atoms with Crippen molar-refractivity contribution in [3.8, 4) is 0 Å². The van der Waals surface area contributed by atoms with Crippen LogP contribution >= 0.6 is 0 Å². The molecule has 1 aromatic rings. The maximum Gasteiger partial charge on any atom is 0.137 e. The van der Waals surface area contributed by atoms with E-state index in [2.05, 4.69) is 34.3 Å². The Morgan fingerprint density at radius 3 is 1.60 bits per heavy atom. The lowest BCUT2D eigenvalue weighted by molar-refractivity contribution is -0.0827. The maximum atomic E-state index is 5.57. The van der Waals surface area contributed by atoms with Gasteiger partial charge in [0.25, 0.3) is 0 Å². The zero-order chi connectivity index (χ0) is 21.9. The van der Waals surface area contributed by atoms with Crippen LogP contribution in [-0.4, -0.2) is 83.8 Å². The second-order valence-electron chi connectivity index (χ2n) is 6.40. The van der Waals surface area contributed by atoms with Gasteiger partial charge < -0.3 is 18.9 Å². The minimum atomic E-state index is -0.0781. The van der Waals surface area contributed by atoms with E-state index in [0.717, 1.165) is 49.1 Å². The molecule has 30 heavy (non-hydrogen) atoms. The molecule has 0 saturated heterocycles. The van der Waals surface area contributed by atoms with Crippen LogP contribution in [0, 0.1) is 0 Å². The smallest absolute Gasteiger partial charge is 0.137 e. The minimum Gasteiger partial charge on any atom is -0.360 e. The van der Waals surface area contributed by atoms with Gasteiger partial charge in [0.1, 0.15) is 30.9 Å². The Hall–Kier alpha value is -1.17. The van der Waals surface area contributed by atoms with Crippen LogP contribution in [-0.2, 0) is 18.9 Å². The number of nitrogens with zero attached hydrogens (tertiary/aromatic N) is 2. The quantitative estimate of drug-likeness (QED) is 0.149. The molecule has 0 unspecified atom stereocenters. The van der Waals surface area contributed by atoms with Gasteiger partial charge in [-0.3, -0.25) is 9.98 Å². The van der Waals surface area contributed by atoms with Crippen molar-refractivity contribution in [2.24, 2.45) is 9.98 Å². The molecule has 0 atom stereocenters. The lowest BCUT2D eigenvalue weighted by Gasteiger charge is -2.15. The van der Waals surface area contributed by atoms with Crippen molar-refractivity contribution in [1.29, 1.82) is 0 Å². The lowest BCUT2D eigenvalue weighted by Crippen LogP contribution is -2.24. The highest BCUT2D eigenvalue weighted by Gasteiger charge is 2.08. The fourth-order valence-electron chi connectivity index (χ4n) is 2.52. The van der Waals surface area contributed by atoms with Crippen LogP contribution < -0.4 is 0 Å². The summed E-state index contributed by atoms with van der Waals surface area (Å²) < 4.78 is 21.5. The van der Waals surface area contributed by atoms with E-state index in [9.17, 15) is 0 Å². The molecule has 0 bridgehead atoms. The van der Waals surface area contributed by atoms with Crippen molar-refractivity contribution in [3.63, 3.8) is 0 Å². The zero-order valence-corrected chi connectivity index (χ0v) is 20.8. The summed E-state index contributed by atoms with van der Waals surface area (Å²) in [6.45, 7) is 7.04. The van der Waals surface area contributed by atoms with Crippen LogP contribution in [0.2, 0.25) is 12.1 Å². The Balaban J connectivity index is 2.21. The number of methoxy groups -OCH3 is 2. The molecule has 0 aliphatic rings. The summed E-state index contributed by atoms with van der Waals surface area (Å²) in [4.78, 5) is 9.03. The first-order valence-electron chi connectivity index (χ1n) is 10.6. The fourth-order valence-corrected chi connectivity index (χ4v) is 4.62. The molecule has 4 radical (unpaired) electrons. The predicted octanol–water partition coefficient (Wildman–Crippen LogP) is 3.48. The third-order valence-electron chi connectivity index (χ3n) is 4.03. The predicted molar refractivity (Wildman–Crippen MR) is 127 cm³/mol. The van der Waals surface area contributed by atoms with E-state index in [1.165, 1.54) is 0 Å². The van der Waals surface area contributed by atoms with Gasteiger partial charge in [-0.05, 0) is 37.8 Å². The first-order valence-corrected chi connectivity index (χ1v) is 13.2. The van der Waals surface area contributed by atoms with E-state index in [0.29, 0.717) is 32.3 Å². The van der Waals surface area contributed by atoms with Crippen molar-refractivity contribution >= 4 is 31.5 Å². The van der Waals surface area contributed by atoms with Gasteiger partial charge >= 0.3 is 0 Å². The van der Waals surface area contributed by atoms with Crippen LogP contribution in [0.15, 0.2) is 34.3 Å². The second kappa shape index (κ2) is 18.6. The van der Waals surface area contributed by atoms with Crippen molar-refractivity contribution in [2.45, 2.75) is 50.6 Å². The van der Waals surface area contributed by atoms with Gasteiger partial charge in [-0.2, -0.15) is 0 Å². The number of hydrogen-bond acceptors (Lipinski definition) is 6. The Kier molecular flexibility index (Phi) is 16.7. The summed E-state index contributed by atoms with van der Waals surface area (Å²) >= 11 is 0. The lowest BCUT2D eigenvalue weighted by atomic mass is 10.1. The summed E-state index contributed by atoms with van der Waals surface area (Å²) in [5, 5.41) is 0. The molecule has 8 heteroatoms. The van der Waals surface area contributed by atoms with Gasteiger partial charge in [0.05, 0.1) is 0 Å². The average Bonchev–Trinajstić information content (AvgIpc) is 2.77. The number of rotatable bonds is 18. The summed E-state index contributed by atoms with van der Waals surface area (Å²) in [6, 6.07) is 10.5. The molecular weight excluding hydrogens is 412 g/mol. The van der Waals surface area contributed by atoms with E-state index in [-0.39, 0.29) is 11.8 Å². The molecular formula is C22H36N2O4Si2. The molecule has 0 amide bonds. The Labute approximate surface area is 187 Å². The highest BCUT2D eigenvalue weighted by molar-refractivity contribution is 6.36. The Morgan fingerprint density at radius 2 is 1.20 bits per heavy atom. The molecule has 1 rings (SSSR count). The SMILES string of the molecule is CCOC(OCC)[Si]CCCN=Cc1ccc(C=NCCC[Si]C(OC)OC)cc1. The summed E-state index contributed by atoms with van der Waals surface area (Å²) in [6.07, 6.45) is 5.96. The molecule has 0 saturated carbocycles. The second-order valence-corrected chi connectivity index (χ2v) is 9.16. The first kappa shape index (κ1) is 26.9. The molecule has 0 spiro atoms. The van der Waals surface area contributed by atoms with Crippen molar-refractivity contribution in [1.82, 2.24) is 0 Å². The van der Waals surface area contributed by atoms with Crippen LogP contribution in [0.3, 0.4) is 0 Å². The average molecular weight is 449 g/mol. The molecule has 1 aromatic carbocycles. The Morgan fingerprint density at radius 1 is 0.767 bits per heavy atom. The van der Waals surface area contributed by atoms with Crippen molar-refractivity contribution < 1.29 is 18.9 Å². The van der Waals surface area contributed by atoms with Gasteiger partial charge in [0, 0.05) is 53.0 Å². The monoisotopic (exact) mass is 448 g/mol. The van der Waals surface area contributed by atoms with E-state index in [4.69, 9.17) is 18.9 Å².